The van der Waals surface area contributed by atoms with Crippen LogP contribution in [0.4, 0.5) is 0 Å². The zero-order chi connectivity index (χ0) is 14.1. The number of ether oxygens (including phenoxy) is 1. The summed E-state index contributed by atoms with van der Waals surface area (Å²) in [5.74, 6) is 1.67. The van der Waals surface area contributed by atoms with E-state index in [9.17, 15) is 0 Å². The monoisotopic (exact) mass is 327 g/mol. The number of hydrogen-bond acceptors (Lipinski definition) is 2. The van der Waals surface area contributed by atoms with Crippen molar-refractivity contribution >= 4 is 15.9 Å². The second kappa shape index (κ2) is 9.38. The maximum Gasteiger partial charge on any atom is 0.120 e. The molecule has 0 aliphatic carbocycles. The van der Waals surface area contributed by atoms with Crippen molar-refractivity contribution in [3.05, 3.63) is 28.2 Å². The van der Waals surface area contributed by atoms with Gasteiger partial charge in [0, 0.05) is 4.47 Å². The van der Waals surface area contributed by atoms with Crippen LogP contribution in [0, 0.1) is 5.92 Å². The van der Waals surface area contributed by atoms with Crippen molar-refractivity contribution in [2.75, 3.05) is 20.2 Å². The van der Waals surface area contributed by atoms with Crippen molar-refractivity contribution in [3.63, 3.8) is 0 Å². The summed E-state index contributed by atoms with van der Waals surface area (Å²) in [4.78, 5) is 0. The second-order valence-electron chi connectivity index (χ2n) is 5.14. The predicted octanol–water partition coefficient (Wildman–Crippen LogP) is 4.42. The van der Waals surface area contributed by atoms with Crippen LogP contribution < -0.4 is 10.1 Å². The van der Waals surface area contributed by atoms with E-state index in [2.05, 4.69) is 41.2 Å². The van der Waals surface area contributed by atoms with Crippen LogP contribution in [0.15, 0.2) is 22.7 Å². The van der Waals surface area contributed by atoms with Crippen LogP contribution in [0.25, 0.3) is 0 Å². The molecular weight excluding hydrogens is 302 g/mol. The molecule has 1 aromatic rings. The highest BCUT2D eigenvalue weighted by Crippen LogP contribution is 2.25. The highest BCUT2D eigenvalue weighted by molar-refractivity contribution is 9.10. The standard InChI is InChI=1S/C16H26BrNO/c1-4-10-18-11-9-13(2)5-6-14-7-8-15(19-3)12-16(14)17/h7-8,12-13,18H,4-6,9-11H2,1-3H3. The third kappa shape index (κ3) is 6.44. The normalized spacial score (nSPS) is 12.4. The van der Waals surface area contributed by atoms with E-state index in [-0.39, 0.29) is 0 Å². The Morgan fingerprint density at radius 1 is 1.26 bits per heavy atom. The smallest absolute Gasteiger partial charge is 0.120 e. The van der Waals surface area contributed by atoms with Gasteiger partial charge in [0.25, 0.3) is 0 Å². The van der Waals surface area contributed by atoms with E-state index in [1.807, 2.05) is 12.1 Å². The van der Waals surface area contributed by atoms with Crippen molar-refractivity contribution in [1.82, 2.24) is 5.32 Å². The summed E-state index contributed by atoms with van der Waals surface area (Å²) in [5.41, 5.74) is 1.37. The lowest BCUT2D eigenvalue weighted by Crippen LogP contribution is -2.18. The fourth-order valence-electron chi connectivity index (χ4n) is 2.05. The van der Waals surface area contributed by atoms with Crippen molar-refractivity contribution < 1.29 is 4.74 Å². The number of hydrogen-bond donors (Lipinski definition) is 1. The lowest BCUT2D eigenvalue weighted by molar-refractivity contribution is 0.414. The Balaban J connectivity index is 2.31. The predicted molar refractivity (Wildman–Crippen MR) is 86.0 cm³/mol. The van der Waals surface area contributed by atoms with Crippen LogP contribution in [-0.4, -0.2) is 20.2 Å². The third-order valence-corrected chi connectivity index (χ3v) is 4.15. The van der Waals surface area contributed by atoms with Crippen LogP contribution in [0.2, 0.25) is 0 Å². The van der Waals surface area contributed by atoms with E-state index >= 15 is 0 Å². The topological polar surface area (TPSA) is 21.3 Å². The Labute approximate surface area is 126 Å². The molecule has 1 aromatic carbocycles. The molecule has 1 unspecified atom stereocenters. The van der Waals surface area contributed by atoms with Crippen molar-refractivity contribution in [1.29, 1.82) is 0 Å². The molecule has 0 bridgehead atoms. The molecule has 0 spiro atoms. The van der Waals surface area contributed by atoms with Gasteiger partial charge in [0.1, 0.15) is 5.75 Å². The van der Waals surface area contributed by atoms with Gasteiger partial charge in [-0.15, -0.1) is 0 Å². The van der Waals surface area contributed by atoms with E-state index in [1.165, 1.54) is 24.8 Å². The van der Waals surface area contributed by atoms with E-state index in [1.54, 1.807) is 7.11 Å². The van der Waals surface area contributed by atoms with Crippen LogP contribution in [0.3, 0.4) is 0 Å². The van der Waals surface area contributed by atoms with E-state index < -0.39 is 0 Å². The van der Waals surface area contributed by atoms with Gasteiger partial charge in [-0.05, 0) is 62.4 Å². The van der Waals surface area contributed by atoms with Crippen molar-refractivity contribution in [2.24, 2.45) is 5.92 Å². The Morgan fingerprint density at radius 2 is 2.05 bits per heavy atom. The largest absolute Gasteiger partial charge is 0.497 e. The van der Waals surface area contributed by atoms with Crippen molar-refractivity contribution in [3.8, 4) is 5.75 Å². The minimum atomic E-state index is 0.762. The summed E-state index contributed by atoms with van der Waals surface area (Å²) in [7, 11) is 1.70. The first-order valence-corrected chi connectivity index (χ1v) is 7.99. The van der Waals surface area contributed by atoms with E-state index in [0.29, 0.717) is 0 Å². The van der Waals surface area contributed by atoms with E-state index in [0.717, 1.165) is 35.7 Å². The molecule has 0 saturated carbocycles. The summed E-state index contributed by atoms with van der Waals surface area (Å²) in [5, 5.41) is 3.46. The van der Waals surface area contributed by atoms with Gasteiger partial charge in [-0.2, -0.15) is 0 Å². The molecule has 1 atom stereocenters. The quantitative estimate of drug-likeness (QED) is 0.678. The number of benzene rings is 1. The molecule has 2 nitrogen and oxygen atoms in total. The maximum absolute atomic E-state index is 5.21. The van der Waals surface area contributed by atoms with Gasteiger partial charge in [0.2, 0.25) is 0 Å². The molecule has 0 amide bonds. The fraction of sp³-hybridized carbons (Fsp3) is 0.625. The zero-order valence-electron chi connectivity index (χ0n) is 12.3. The second-order valence-corrected chi connectivity index (χ2v) is 5.99. The van der Waals surface area contributed by atoms with Crippen molar-refractivity contribution in [2.45, 2.75) is 39.5 Å². The number of nitrogens with one attached hydrogen (secondary N) is 1. The molecule has 0 aliphatic rings. The number of aryl methyl sites for hydroxylation is 1. The van der Waals surface area contributed by atoms with Gasteiger partial charge in [-0.3, -0.25) is 0 Å². The average Bonchev–Trinajstić information content (AvgIpc) is 2.42. The Kier molecular flexibility index (Phi) is 8.15. The molecule has 0 saturated heterocycles. The first-order valence-electron chi connectivity index (χ1n) is 7.20. The van der Waals surface area contributed by atoms with Gasteiger partial charge in [-0.1, -0.05) is 35.8 Å². The maximum atomic E-state index is 5.21. The zero-order valence-corrected chi connectivity index (χ0v) is 13.9. The molecule has 0 heterocycles. The van der Waals surface area contributed by atoms with Gasteiger partial charge >= 0.3 is 0 Å². The Morgan fingerprint density at radius 3 is 2.68 bits per heavy atom. The van der Waals surface area contributed by atoms with Crippen LogP contribution in [-0.2, 0) is 6.42 Å². The molecule has 3 heteroatoms. The molecule has 0 radical (unpaired) electrons. The summed E-state index contributed by atoms with van der Waals surface area (Å²) < 4.78 is 6.37. The summed E-state index contributed by atoms with van der Waals surface area (Å²) in [6.07, 6.45) is 4.83. The number of halogens is 1. The van der Waals surface area contributed by atoms with Gasteiger partial charge in [-0.25, -0.2) is 0 Å². The van der Waals surface area contributed by atoms with Crippen LogP contribution in [0.5, 0.6) is 5.75 Å². The molecular formula is C16H26BrNO. The number of rotatable bonds is 9. The molecule has 0 aliphatic heterocycles. The molecule has 19 heavy (non-hydrogen) atoms. The highest BCUT2D eigenvalue weighted by atomic mass is 79.9. The minimum Gasteiger partial charge on any atom is -0.497 e. The van der Waals surface area contributed by atoms with Crippen LogP contribution >= 0.6 is 15.9 Å². The SMILES string of the molecule is CCCNCCC(C)CCc1ccc(OC)cc1Br. The number of methoxy groups -OCH3 is 1. The van der Waals surface area contributed by atoms with Gasteiger partial charge < -0.3 is 10.1 Å². The summed E-state index contributed by atoms with van der Waals surface area (Å²) in [6, 6.07) is 6.24. The lowest BCUT2D eigenvalue weighted by atomic mass is 9.98. The summed E-state index contributed by atoms with van der Waals surface area (Å²) >= 11 is 3.62. The molecule has 1 N–H and O–H groups in total. The molecule has 0 fully saturated rings. The Hall–Kier alpha value is -0.540. The minimum absolute atomic E-state index is 0.762. The highest BCUT2D eigenvalue weighted by Gasteiger charge is 2.06. The first-order chi connectivity index (χ1) is 9.17. The third-order valence-electron chi connectivity index (χ3n) is 3.41. The Bertz CT molecular complexity index is 368. The summed E-state index contributed by atoms with van der Waals surface area (Å²) in [6.45, 7) is 6.82. The van der Waals surface area contributed by atoms with Gasteiger partial charge in [0.15, 0.2) is 0 Å². The molecule has 108 valence electrons. The average molecular weight is 328 g/mol. The fourth-order valence-corrected chi connectivity index (χ4v) is 2.61. The van der Waals surface area contributed by atoms with Crippen LogP contribution in [0.1, 0.15) is 38.7 Å². The first kappa shape index (κ1) is 16.5. The van der Waals surface area contributed by atoms with E-state index in [4.69, 9.17) is 4.74 Å². The molecule has 0 aromatic heterocycles. The van der Waals surface area contributed by atoms with Gasteiger partial charge in [0.05, 0.1) is 7.11 Å². The lowest BCUT2D eigenvalue weighted by Gasteiger charge is -2.13. The molecule has 1 rings (SSSR count).